The van der Waals surface area contributed by atoms with Crippen LogP contribution in [-0.2, 0) is 11.3 Å². The highest BCUT2D eigenvalue weighted by Gasteiger charge is 2.00. The van der Waals surface area contributed by atoms with Gasteiger partial charge >= 0.3 is 0 Å². The molecule has 0 unspecified atom stereocenters. The molecule has 0 bridgehead atoms. The molecule has 0 aliphatic rings. The first kappa shape index (κ1) is 11.4. The highest BCUT2D eigenvalue weighted by atomic mass is 19.1. The highest BCUT2D eigenvalue weighted by molar-refractivity contribution is 5.87. The molecule has 1 N–H and O–H groups in total. The number of amides is 1. The molecule has 0 aliphatic heterocycles. The van der Waals surface area contributed by atoms with E-state index in [1.807, 2.05) is 0 Å². The summed E-state index contributed by atoms with van der Waals surface area (Å²) in [7, 11) is 0. The maximum Gasteiger partial charge on any atom is 0.243 e. The summed E-state index contributed by atoms with van der Waals surface area (Å²) >= 11 is 0. The van der Waals surface area contributed by atoms with Crippen molar-refractivity contribution in [2.75, 3.05) is 0 Å². The van der Waals surface area contributed by atoms with Crippen LogP contribution in [0.2, 0.25) is 0 Å². The van der Waals surface area contributed by atoms with Gasteiger partial charge in [-0.3, -0.25) is 4.79 Å². The molecule has 0 heterocycles. The number of benzene rings is 1. The van der Waals surface area contributed by atoms with E-state index >= 15 is 0 Å². The van der Waals surface area contributed by atoms with Gasteiger partial charge in [-0.2, -0.15) is 0 Å². The third-order valence-corrected chi connectivity index (χ3v) is 2.02. The SMILES string of the molecule is CC=CC(=O)NCc1ccc(C)c(F)c1. The van der Waals surface area contributed by atoms with Crippen molar-refractivity contribution >= 4 is 5.91 Å². The second kappa shape index (κ2) is 5.29. The van der Waals surface area contributed by atoms with Gasteiger partial charge in [-0.05, 0) is 37.1 Å². The lowest BCUT2D eigenvalue weighted by molar-refractivity contribution is -0.116. The smallest absolute Gasteiger partial charge is 0.243 e. The number of halogens is 1. The van der Waals surface area contributed by atoms with Gasteiger partial charge in [-0.15, -0.1) is 0 Å². The van der Waals surface area contributed by atoms with Crippen LogP contribution < -0.4 is 5.32 Å². The Morgan fingerprint density at radius 3 is 2.87 bits per heavy atom. The molecule has 0 atom stereocenters. The van der Waals surface area contributed by atoms with Crippen LogP contribution in [0.4, 0.5) is 4.39 Å². The first-order valence-corrected chi connectivity index (χ1v) is 4.79. The molecule has 0 spiro atoms. The van der Waals surface area contributed by atoms with Gasteiger partial charge in [0, 0.05) is 6.54 Å². The van der Waals surface area contributed by atoms with E-state index in [1.165, 1.54) is 12.1 Å². The largest absolute Gasteiger partial charge is 0.348 e. The first-order chi connectivity index (χ1) is 7.13. The van der Waals surface area contributed by atoms with Crippen LogP contribution in [0, 0.1) is 12.7 Å². The Morgan fingerprint density at radius 1 is 1.53 bits per heavy atom. The van der Waals surface area contributed by atoms with E-state index in [2.05, 4.69) is 5.32 Å². The summed E-state index contributed by atoms with van der Waals surface area (Å²) in [6.45, 7) is 3.82. The summed E-state index contributed by atoms with van der Waals surface area (Å²) in [5, 5.41) is 2.65. The van der Waals surface area contributed by atoms with Gasteiger partial charge in [0.1, 0.15) is 5.82 Å². The first-order valence-electron chi connectivity index (χ1n) is 4.79. The summed E-state index contributed by atoms with van der Waals surface area (Å²) < 4.78 is 13.1. The number of carbonyl (C=O) groups is 1. The van der Waals surface area contributed by atoms with Gasteiger partial charge in [0.2, 0.25) is 5.91 Å². The van der Waals surface area contributed by atoms with Gasteiger partial charge in [-0.1, -0.05) is 18.2 Å². The van der Waals surface area contributed by atoms with Crippen molar-refractivity contribution < 1.29 is 9.18 Å². The van der Waals surface area contributed by atoms with Gasteiger partial charge in [0.15, 0.2) is 0 Å². The summed E-state index contributed by atoms with van der Waals surface area (Å²) in [4.78, 5) is 11.1. The lowest BCUT2D eigenvalue weighted by Gasteiger charge is -2.03. The quantitative estimate of drug-likeness (QED) is 0.757. The predicted octanol–water partition coefficient (Wildman–Crippen LogP) is 2.33. The average molecular weight is 207 g/mol. The Hall–Kier alpha value is -1.64. The van der Waals surface area contributed by atoms with Gasteiger partial charge in [0.25, 0.3) is 0 Å². The van der Waals surface area contributed by atoms with E-state index in [0.29, 0.717) is 12.1 Å². The Labute approximate surface area is 88.8 Å². The molecule has 0 radical (unpaired) electrons. The topological polar surface area (TPSA) is 29.1 Å². The van der Waals surface area contributed by atoms with Crippen molar-refractivity contribution in [2.45, 2.75) is 20.4 Å². The molecule has 0 aliphatic carbocycles. The fourth-order valence-electron chi connectivity index (χ4n) is 1.15. The standard InChI is InChI=1S/C12H14FNO/c1-3-4-12(15)14-8-10-6-5-9(2)11(13)7-10/h3-7H,8H2,1-2H3,(H,14,15). The van der Waals surface area contributed by atoms with Crippen molar-refractivity contribution in [1.82, 2.24) is 5.32 Å². The van der Waals surface area contributed by atoms with Crippen LogP contribution in [-0.4, -0.2) is 5.91 Å². The summed E-state index contributed by atoms with van der Waals surface area (Å²) in [6, 6.07) is 4.94. The number of aryl methyl sites for hydroxylation is 1. The van der Waals surface area contributed by atoms with Crippen LogP contribution in [0.3, 0.4) is 0 Å². The molecule has 3 heteroatoms. The van der Waals surface area contributed by atoms with Crippen molar-refractivity contribution in [2.24, 2.45) is 0 Å². The normalized spacial score (nSPS) is 10.6. The number of allylic oxidation sites excluding steroid dienone is 1. The van der Waals surface area contributed by atoms with Crippen molar-refractivity contribution in [3.05, 3.63) is 47.3 Å². The van der Waals surface area contributed by atoms with Crippen LogP contribution >= 0.6 is 0 Å². The Balaban J connectivity index is 2.58. The van der Waals surface area contributed by atoms with Crippen LogP contribution in [0.1, 0.15) is 18.1 Å². The molecular formula is C12H14FNO. The Bertz CT molecular complexity index is 385. The molecule has 80 valence electrons. The molecule has 1 amide bonds. The molecule has 15 heavy (non-hydrogen) atoms. The molecule has 1 rings (SSSR count). The van der Waals surface area contributed by atoms with Gasteiger partial charge < -0.3 is 5.32 Å². The van der Waals surface area contributed by atoms with Crippen LogP contribution in [0.25, 0.3) is 0 Å². The molecule has 1 aromatic rings. The Morgan fingerprint density at radius 2 is 2.27 bits per heavy atom. The van der Waals surface area contributed by atoms with Gasteiger partial charge in [0.05, 0.1) is 0 Å². The van der Waals surface area contributed by atoms with E-state index in [9.17, 15) is 9.18 Å². The predicted molar refractivity (Wildman–Crippen MR) is 57.8 cm³/mol. The summed E-state index contributed by atoms with van der Waals surface area (Å²) in [6.07, 6.45) is 3.09. The lowest BCUT2D eigenvalue weighted by Crippen LogP contribution is -2.20. The lowest BCUT2D eigenvalue weighted by atomic mass is 10.1. The Kier molecular flexibility index (Phi) is 4.03. The van der Waals surface area contributed by atoms with E-state index in [0.717, 1.165) is 5.56 Å². The van der Waals surface area contributed by atoms with E-state index in [1.54, 1.807) is 32.1 Å². The fourth-order valence-corrected chi connectivity index (χ4v) is 1.15. The summed E-state index contributed by atoms with van der Waals surface area (Å²) in [5.74, 6) is -0.411. The van der Waals surface area contributed by atoms with Crippen LogP contribution in [0.5, 0.6) is 0 Å². The number of hydrogen-bond acceptors (Lipinski definition) is 1. The third-order valence-electron chi connectivity index (χ3n) is 2.02. The van der Waals surface area contributed by atoms with Crippen LogP contribution in [0.15, 0.2) is 30.4 Å². The molecule has 0 saturated heterocycles. The maximum absolute atomic E-state index is 13.1. The number of rotatable bonds is 3. The number of nitrogens with one attached hydrogen (secondary N) is 1. The molecule has 0 saturated carbocycles. The minimum absolute atomic E-state index is 0.168. The molecule has 0 fully saturated rings. The maximum atomic E-state index is 13.1. The van der Waals surface area contributed by atoms with Gasteiger partial charge in [-0.25, -0.2) is 4.39 Å². The van der Waals surface area contributed by atoms with E-state index < -0.39 is 0 Å². The molecule has 0 aromatic heterocycles. The average Bonchev–Trinajstić information content (AvgIpc) is 2.20. The fraction of sp³-hybridized carbons (Fsp3) is 0.250. The minimum Gasteiger partial charge on any atom is -0.348 e. The zero-order valence-electron chi connectivity index (χ0n) is 8.88. The van der Waals surface area contributed by atoms with E-state index in [-0.39, 0.29) is 11.7 Å². The van der Waals surface area contributed by atoms with Crippen molar-refractivity contribution in [3.8, 4) is 0 Å². The molecule has 1 aromatic carbocycles. The number of hydrogen-bond donors (Lipinski definition) is 1. The van der Waals surface area contributed by atoms with Crippen molar-refractivity contribution in [1.29, 1.82) is 0 Å². The molecular weight excluding hydrogens is 193 g/mol. The zero-order valence-corrected chi connectivity index (χ0v) is 8.88. The second-order valence-electron chi connectivity index (χ2n) is 3.30. The third kappa shape index (κ3) is 3.54. The zero-order chi connectivity index (χ0) is 11.3. The highest BCUT2D eigenvalue weighted by Crippen LogP contribution is 2.08. The second-order valence-corrected chi connectivity index (χ2v) is 3.30. The monoisotopic (exact) mass is 207 g/mol. The molecule has 2 nitrogen and oxygen atoms in total. The van der Waals surface area contributed by atoms with E-state index in [4.69, 9.17) is 0 Å². The minimum atomic E-state index is -0.243. The number of carbonyl (C=O) groups excluding carboxylic acids is 1. The summed E-state index contributed by atoms with van der Waals surface area (Å²) in [5.41, 5.74) is 1.37. The van der Waals surface area contributed by atoms with Crippen molar-refractivity contribution in [3.63, 3.8) is 0 Å².